The average molecular weight is 277 g/mol. The Morgan fingerprint density at radius 3 is 2.95 bits per heavy atom. The summed E-state index contributed by atoms with van der Waals surface area (Å²) in [5.74, 6) is -1.31. The van der Waals surface area contributed by atoms with Gasteiger partial charge < -0.3 is 10.0 Å². The Labute approximate surface area is 118 Å². The highest BCUT2D eigenvalue weighted by molar-refractivity contribution is 5.85. The molecule has 1 atom stereocenters. The Balaban J connectivity index is 2.22. The summed E-state index contributed by atoms with van der Waals surface area (Å²) in [4.78, 5) is 12.6. The fourth-order valence-corrected chi connectivity index (χ4v) is 2.77. The summed E-state index contributed by atoms with van der Waals surface area (Å²) in [7, 11) is 0. The first-order valence-corrected chi connectivity index (χ1v) is 7.09. The second kappa shape index (κ2) is 6.55. The van der Waals surface area contributed by atoms with E-state index in [4.69, 9.17) is 5.11 Å². The van der Waals surface area contributed by atoms with Crippen molar-refractivity contribution < 1.29 is 14.3 Å². The third kappa shape index (κ3) is 3.38. The minimum atomic E-state index is -1.03. The monoisotopic (exact) mass is 277 g/mol. The number of aliphatic carboxylic acids is 1. The van der Waals surface area contributed by atoms with Gasteiger partial charge in [0, 0.05) is 18.7 Å². The summed E-state index contributed by atoms with van der Waals surface area (Å²) >= 11 is 0. The topological polar surface area (TPSA) is 40.5 Å². The minimum Gasteiger partial charge on any atom is -0.478 e. The van der Waals surface area contributed by atoms with Crippen LogP contribution in [0.25, 0.3) is 6.08 Å². The highest BCUT2D eigenvalue weighted by atomic mass is 19.1. The van der Waals surface area contributed by atoms with E-state index in [0.29, 0.717) is 17.3 Å². The lowest BCUT2D eigenvalue weighted by molar-refractivity contribution is -0.131. The largest absolute Gasteiger partial charge is 0.478 e. The summed E-state index contributed by atoms with van der Waals surface area (Å²) in [6.45, 7) is 3.02. The van der Waals surface area contributed by atoms with Crippen LogP contribution in [0.15, 0.2) is 24.3 Å². The van der Waals surface area contributed by atoms with Crippen LogP contribution in [0.5, 0.6) is 0 Å². The van der Waals surface area contributed by atoms with E-state index in [2.05, 4.69) is 11.8 Å². The lowest BCUT2D eigenvalue weighted by atomic mass is 9.99. The molecular formula is C16H20FNO2. The molecule has 0 aromatic heterocycles. The number of hydrogen-bond acceptors (Lipinski definition) is 2. The Morgan fingerprint density at radius 2 is 2.30 bits per heavy atom. The summed E-state index contributed by atoms with van der Waals surface area (Å²) in [6, 6.07) is 5.32. The number of rotatable bonds is 4. The van der Waals surface area contributed by atoms with Gasteiger partial charge in [-0.2, -0.15) is 0 Å². The Bertz CT molecular complexity index is 513. The molecule has 2 rings (SSSR count). The average Bonchev–Trinajstić information content (AvgIpc) is 2.45. The molecule has 1 aromatic carbocycles. The zero-order chi connectivity index (χ0) is 14.5. The minimum absolute atomic E-state index is 0.280. The van der Waals surface area contributed by atoms with E-state index < -0.39 is 5.97 Å². The second-order valence-electron chi connectivity index (χ2n) is 5.13. The molecule has 0 radical (unpaired) electrons. The smallest absolute Gasteiger partial charge is 0.328 e. The van der Waals surface area contributed by atoms with Gasteiger partial charge in [0.25, 0.3) is 0 Å². The van der Waals surface area contributed by atoms with Crippen LogP contribution in [-0.2, 0) is 4.79 Å². The summed E-state index contributed by atoms with van der Waals surface area (Å²) < 4.78 is 14.2. The van der Waals surface area contributed by atoms with E-state index in [9.17, 15) is 9.18 Å². The molecule has 1 aromatic rings. The molecule has 0 amide bonds. The van der Waals surface area contributed by atoms with Crippen LogP contribution in [0.2, 0.25) is 0 Å². The predicted molar refractivity (Wildman–Crippen MR) is 78.3 cm³/mol. The quantitative estimate of drug-likeness (QED) is 0.853. The van der Waals surface area contributed by atoms with Crippen LogP contribution in [0.4, 0.5) is 10.1 Å². The fourth-order valence-electron chi connectivity index (χ4n) is 2.77. The van der Waals surface area contributed by atoms with Gasteiger partial charge in [0.1, 0.15) is 5.82 Å². The first-order chi connectivity index (χ1) is 9.61. The molecule has 1 unspecified atom stereocenters. The number of nitrogens with zero attached hydrogens (tertiary/aromatic N) is 1. The van der Waals surface area contributed by atoms with E-state index in [1.54, 1.807) is 12.1 Å². The normalized spacial score (nSPS) is 19.5. The molecule has 3 nitrogen and oxygen atoms in total. The maximum Gasteiger partial charge on any atom is 0.328 e. The molecule has 20 heavy (non-hydrogen) atoms. The van der Waals surface area contributed by atoms with Crippen molar-refractivity contribution in [2.45, 2.75) is 38.6 Å². The van der Waals surface area contributed by atoms with Crippen molar-refractivity contribution in [1.82, 2.24) is 0 Å². The lowest BCUT2D eigenvalue weighted by Gasteiger charge is -2.37. The molecule has 1 saturated heterocycles. The number of anilines is 1. The highest BCUT2D eigenvalue weighted by Gasteiger charge is 2.23. The van der Waals surface area contributed by atoms with Crippen LogP contribution in [0.3, 0.4) is 0 Å². The van der Waals surface area contributed by atoms with Crippen molar-refractivity contribution in [3.05, 3.63) is 35.7 Å². The summed E-state index contributed by atoms with van der Waals surface area (Å²) in [5, 5.41) is 8.58. The number of hydrogen-bond donors (Lipinski definition) is 1. The van der Waals surface area contributed by atoms with Crippen LogP contribution >= 0.6 is 0 Å². The molecule has 0 bridgehead atoms. The van der Waals surface area contributed by atoms with Crippen LogP contribution in [-0.4, -0.2) is 23.7 Å². The Hall–Kier alpha value is -1.84. The fraction of sp³-hybridized carbons (Fsp3) is 0.438. The van der Waals surface area contributed by atoms with E-state index in [1.165, 1.54) is 18.6 Å². The third-order valence-corrected chi connectivity index (χ3v) is 3.80. The molecule has 1 aliphatic heterocycles. The lowest BCUT2D eigenvalue weighted by Crippen LogP contribution is -2.39. The van der Waals surface area contributed by atoms with Gasteiger partial charge in [0.15, 0.2) is 0 Å². The molecule has 1 N–H and O–H groups in total. The van der Waals surface area contributed by atoms with Gasteiger partial charge in [-0.1, -0.05) is 13.0 Å². The molecule has 0 aliphatic carbocycles. The molecule has 0 saturated carbocycles. The van der Waals surface area contributed by atoms with Gasteiger partial charge in [-0.05, 0) is 49.5 Å². The van der Waals surface area contributed by atoms with Crippen molar-refractivity contribution in [2.24, 2.45) is 0 Å². The van der Waals surface area contributed by atoms with Crippen molar-refractivity contribution in [3.8, 4) is 0 Å². The molecule has 0 spiro atoms. The van der Waals surface area contributed by atoms with Crippen molar-refractivity contribution in [1.29, 1.82) is 0 Å². The van der Waals surface area contributed by atoms with Gasteiger partial charge in [-0.25, -0.2) is 9.18 Å². The second-order valence-corrected chi connectivity index (χ2v) is 5.13. The Morgan fingerprint density at radius 1 is 1.50 bits per heavy atom. The first-order valence-electron chi connectivity index (χ1n) is 7.09. The number of piperidine rings is 1. The van der Waals surface area contributed by atoms with Crippen LogP contribution in [0.1, 0.15) is 38.2 Å². The summed E-state index contributed by atoms with van der Waals surface area (Å²) in [5.41, 5.74) is 1.20. The van der Waals surface area contributed by atoms with E-state index >= 15 is 0 Å². The molecule has 4 heteroatoms. The van der Waals surface area contributed by atoms with Gasteiger partial charge in [0.05, 0.1) is 5.69 Å². The number of carboxylic acid groups (broad SMARTS) is 1. The SMILES string of the molecule is CCC1CCCCN1c1ccc(/C=C/C(=O)O)cc1F. The van der Waals surface area contributed by atoms with Crippen molar-refractivity contribution >= 4 is 17.7 Å². The van der Waals surface area contributed by atoms with E-state index in [-0.39, 0.29) is 5.82 Å². The molecular weight excluding hydrogens is 257 g/mol. The predicted octanol–water partition coefficient (Wildman–Crippen LogP) is 3.69. The standard InChI is InChI=1S/C16H20FNO2/c1-2-13-5-3-4-10-18(13)15-8-6-12(11-14(15)17)7-9-16(19)20/h6-9,11,13H,2-5,10H2,1H3,(H,19,20)/b9-7+. The van der Waals surface area contributed by atoms with Crippen LogP contribution < -0.4 is 4.90 Å². The number of carboxylic acids is 1. The van der Waals surface area contributed by atoms with E-state index in [0.717, 1.165) is 31.9 Å². The maximum atomic E-state index is 14.2. The van der Waals surface area contributed by atoms with E-state index in [1.807, 2.05) is 0 Å². The zero-order valence-corrected chi connectivity index (χ0v) is 11.7. The summed E-state index contributed by atoms with van der Waals surface area (Å²) in [6.07, 6.45) is 6.84. The molecule has 1 aliphatic rings. The number of benzene rings is 1. The number of carbonyl (C=O) groups is 1. The van der Waals surface area contributed by atoms with Crippen molar-refractivity contribution in [2.75, 3.05) is 11.4 Å². The Kier molecular flexibility index (Phi) is 4.77. The maximum absolute atomic E-state index is 14.2. The van der Waals surface area contributed by atoms with Crippen molar-refractivity contribution in [3.63, 3.8) is 0 Å². The molecule has 108 valence electrons. The zero-order valence-electron chi connectivity index (χ0n) is 11.7. The molecule has 1 heterocycles. The first kappa shape index (κ1) is 14.6. The van der Waals surface area contributed by atoms with Gasteiger partial charge >= 0.3 is 5.97 Å². The van der Waals surface area contributed by atoms with Crippen LogP contribution in [0, 0.1) is 5.82 Å². The van der Waals surface area contributed by atoms with Gasteiger partial charge in [0.2, 0.25) is 0 Å². The third-order valence-electron chi connectivity index (χ3n) is 3.80. The van der Waals surface area contributed by atoms with Gasteiger partial charge in [-0.15, -0.1) is 0 Å². The molecule has 1 fully saturated rings. The number of halogens is 1. The highest BCUT2D eigenvalue weighted by Crippen LogP contribution is 2.29. The van der Waals surface area contributed by atoms with Gasteiger partial charge in [-0.3, -0.25) is 0 Å².